The molecule has 4 rings (SSSR count). The summed E-state index contributed by atoms with van der Waals surface area (Å²) in [5.74, 6) is -0.526. The number of allylic oxidation sites excluding steroid dienone is 2. The van der Waals surface area contributed by atoms with Crippen molar-refractivity contribution in [3.8, 4) is 11.4 Å². The van der Waals surface area contributed by atoms with E-state index in [0.29, 0.717) is 23.8 Å². The normalized spacial score (nSPS) is 13.1. The van der Waals surface area contributed by atoms with Crippen molar-refractivity contribution < 1.29 is 23.6 Å². The molecule has 1 aliphatic rings. The second kappa shape index (κ2) is 9.73. The van der Waals surface area contributed by atoms with Crippen molar-refractivity contribution in [2.45, 2.75) is 6.42 Å². The molecule has 33 heavy (non-hydrogen) atoms. The number of anilines is 1. The molecule has 0 spiro atoms. The van der Waals surface area contributed by atoms with E-state index in [2.05, 4.69) is 15.1 Å². The van der Waals surface area contributed by atoms with Gasteiger partial charge in [-0.05, 0) is 35.9 Å². The van der Waals surface area contributed by atoms with Gasteiger partial charge < -0.3 is 18.9 Å². The van der Waals surface area contributed by atoms with Crippen LogP contribution in [-0.2, 0) is 25.5 Å². The third-order valence-electron chi connectivity index (χ3n) is 4.87. The van der Waals surface area contributed by atoms with Crippen LogP contribution in [0, 0.1) is 0 Å². The lowest BCUT2D eigenvalue weighted by atomic mass is 10.1. The van der Waals surface area contributed by atoms with Crippen LogP contribution in [0.1, 0.15) is 11.5 Å². The number of methoxy groups -OCH3 is 2. The molecule has 0 aliphatic carbocycles. The summed E-state index contributed by atoms with van der Waals surface area (Å²) < 4.78 is 15.3. The van der Waals surface area contributed by atoms with Gasteiger partial charge in [0.05, 0.1) is 26.2 Å². The van der Waals surface area contributed by atoms with Crippen molar-refractivity contribution in [2.24, 2.45) is 0 Å². The summed E-state index contributed by atoms with van der Waals surface area (Å²) >= 11 is 0. The summed E-state index contributed by atoms with van der Waals surface area (Å²) in [6.45, 7) is 0. The number of carbonyl (C=O) groups is 2. The van der Waals surface area contributed by atoms with Crippen LogP contribution in [0.4, 0.5) is 5.69 Å². The molecule has 0 radical (unpaired) electrons. The Kier molecular flexibility index (Phi) is 6.40. The molecule has 0 saturated carbocycles. The molecule has 1 aliphatic heterocycles. The van der Waals surface area contributed by atoms with Crippen molar-refractivity contribution in [2.75, 3.05) is 19.1 Å². The number of para-hydroxylation sites is 1. The maximum atomic E-state index is 12.7. The molecule has 0 saturated heterocycles. The van der Waals surface area contributed by atoms with E-state index in [4.69, 9.17) is 14.0 Å². The van der Waals surface area contributed by atoms with Crippen LogP contribution in [0.2, 0.25) is 0 Å². The Morgan fingerprint density at radius 3 is 2.61 bits per heavy atom. The Bertz CT molecular complexity index is 1260. The Balaban J connectivity index is 1.74. The average Bonchev–Trinajstić information content (AvgIpc) is 3.21. The quantitative estimate of drug-likeness (QED) is 0.530. The Hall–Kier alpha value is -4.53. The van der Waals surface area contributed by atoms with Gasteiger partial charge >= 0.3 is 11.9 Å². The number of benzene rings is 1. The van der Waals surface area contributed by atoms with Crippen molar-refractivity contribution in [1.82, 2.24) is 15.1 Å². The standard InChI is InChI=1S/C24H20N4O5/c1-31-23(29)18-10-5-6-13-28(21(18)24(30)32-2)19-11-4-3-8-16(19)14-20-26-22(27-33-20)17-9-7-12-25-15-17/h3-13,15H,14H2,1-2H3. The van der Waals surface area contributed by atoms with Crippen LogP contribution in [0.5, 0.6) is 0 Å². The Morgan fingerprint density at radius 1 is 1.03 bits per heavy atom. The largest absolute Gasteiger partial charge is 0.465 e. The predicted molar refractivity (Wildman–Crippen MR) is 119 cm³/mol. The SMILES string of the molecule is COC(=O)C1=C(C(=O)OC)N(c2ccccc2Cc2nc(-c3cccnc3)no2)C=CC=C1. The van der Waals surface area contributed by atoms with Crippen LogP contribution in [0.15, 0.2) is 89.0 Å². The van der Waals surface area contributed by atoms with E-state index >= 15 is 0 Å². The van der Waals surface area contributed by atoms with Gasteiger partial charge in [0, 0.05) is 29.8 Å². The van der Waals surface area contributed by atoms with Gasteiger partial charge in [-0.15, -0.1) is 0 Å². The highest BCUT2D eigenvalue weighted by molar-refractivity contribution is 6.05. The van der Waals surface area contributed by atoms with E-state index in [1.54, 1.807) is 41.7 Å². The van der Waals surface area contributed by atoms with E-state index in [0.717, 1.165) is 11.1 Å². The first-order chi connectivity index (χ1) is 16.1. The highest BCUT2D eigenvalue weighted by atomic mass is 16.5. The van der Waals surface area contributed by atoms with E-state index in [9.17, 15) is 9.59 Å². The van der Waals surface area contributed by atoms with Gasteiger partial charge in [-0.3, -0.25) is 4.98 Å². The minimum Gasteiger partial charge on any atom is -0.465 e. The predicted octanol–water partition coefficient (Wildman–Crippen LogP) is 3.21. The summed E-state index contributed by atoms with van der Waals surface area (Å²) in [6.07, 6.45) is 10.2. The Labute approximate surface area is 189 Å². The number of hydrogen-bond acceptors (Lipinski definition) is 9. The average molecular weight is 444 g/mol. The van der Waals surface area contributed by atoms with Crippen molar-refractivity contribution >= 4 is 17.6 Å². The zero-order valence-corrected chi connectivity index (χ0v) is 18.0. The van der Waals surface area contributed by atoms with Crippen LogP contribution < -0.4 is 4.90 Å². The fraction of sp³-hybridized carbons (Fsp3) is 0.125. The van der Waals surface area contributed by atoms with Gasteiger partial charge in [-0.1, -0.05) is 29.4 Å². The zero-order valence-electron chi connectivity index (χ0n) is 18.0. The van der Waals surface area contributed by atoms with E-state index in [1.807, 2.05) is 30.3 Å². The molecule has 3 aromatic rings. The van der Waals surface area contributed by atoms with Gasteiger partial charge in [0.2, 0.25) is 11.7 Å². The first-order valence-corrected chi connectivity index (χ1v) is 9.98. The molecular formula is C24H20N4O5. The summed E-state index contributed by atoms with van der Waals surface area (Å²) in [5, 5.41) is 4.03. The van der Waals surface area contributed by atoms with E-state index in [1.165, 1.54) is 20.3 Å². The highest BCUT2D eigenvalue weighted by Gasteiger charge is 2.28. The van der Waals surface area contributed by atoms with Crippen molar-refractivity contribution in [3.05, 3.63) is 95.9 Å². The fourth-order valence-electron chi connectivity index (χ4n) is 3.35. The molecule has 0 amide bonds. The molecular weight excluding hydrogens is 424 g/mol. The van der Waals surface area contributed by atoms with Gasteiger partial charge in [-0.2, -0.15) is 4.98 Å². The first kappa shape index (κ1) is 21.7. The van der Waals surface area contributed by atoms with Gasteiger partial charge in [0.1, 0.15) is 5.70 Å². The number of pyridine rings is 1. The van der Waals surface area contributed by atoms with Crippen LogP contribution in [0.25, 0.3) is 11.4 Å². The van der Waals surface area contributed by atoms with Crippen LogP contribution in [-0.4, -0.2) is 41.3 Å². The Morgan fingerprint density at radius 2 is 1.85 bits per heavy atom. The zero-order chi connectivity index (χ0) is 23.2. The molecule has 0 fully saturated rings. The lowest BCUT2D eigenvalue weighted by molar-refractivity contribution is -0.139. The van der Waals surface area contributed by atoms with Crippen molar-refractivity contribution in [1.29, 1.82) is 0 Å². The first-order valence-electron chi connectivity index (χ1n) is 9.98. The number of carbonyl (C=O) groups excluding carboxylic acids is 2. The number of esters is 2. The number of aromatic nitrogens is 3. The maximum Gasteiger partial charge on any atom is 0.355 e. The highest BCUT2D eigenvalue weighted by Crippen LogP contribution is 2.30. The lowest BCUT2D eigenvalue weighted by Gasteiger charge is -2.25. The number of ether oxygens (including phenoxy) is 2. The van der Waals surface area contributed by atoms with E-state index in [-0.39, 0.29) is 11.3 Å². The van der Waals surface area contributed by atoms with Gasteiger partial charge in [0.25, 0.3) is 0 Å². The number of hydrogen-bond donors (Lipinski definition) is 0. The van der Waals surface area contributed by atoms with Gasteiger partial charge in [-0.25, -0.2) is 9.59 Å². The number of nitrogens with zero attached hydrogens (tertiary/aromatic N) is 4. The summed E-state index contributed by atoms with van der Waals surface area (Å²) in [5.41, 5.74) is 2.27. The maximum absolute atomic E-state index is 12.7. The molecule has 2 aromatic heterocycles. The molecule has 3 heterocycles. The molecule has 0 N–H and O–H groups in total. The van der Waals surface area contributed by atoms with Crippen LogP contribution in [0.3, 0.4) is 0 Å². The summed E-state index contributed by atoms with van der Waals surface area (Å²) in [4.78, 5) is 35.3. The molecule has 9 heteroatoms. The lowest BCUT2D eigenvalue weighted by Crippen LogP contribution is -2.27. The van der Waals surface area contributed by atoms with Crippen LogP contribution >= 0.6 is 0 Å². The third kappa shape index (κ3) is 4.57. The topological polar surface area (TPSA) is 108 Å². The third-order valence-corrected chi connectivity index (χ3v) is 4.87. The smallest absolute Gasteiger partial charge is 0.355 e. The second-order valence-electron chi connectivity index (χ2n) is 6.87. The van der Waals surface area contributed by atoms with Gasteiger partial charge in [0.15, 0.2) is 0 Å². The molecule has 1 aromatic carbocycles. The summed E-state index contributed by atoms with van der Waals surface area (Å²) in [6, 6.07) is 11.0. The molecule has 0 atom stereocenters. The minimum atomic E-state index is -0.682. The molecule has 166 valence electrons. The number of rotatable bonds is 6. The summed E-state index contributed by atoms with van der Waals surface area (Å²) in [7, 11) is 2.51. The fourth-order valence-corrected chi connectivity index (χ4v) is 3.35. The minimum absolute atomic E-state index is 0.0309. The monoisotopic (exact) mass is 444 g/mol. The molecule has 0 unspecified atom stereocenters. The second-order valence-corrected chi connectivity index (χ2v) is 6.87. The van der Waals surface area contributed by atoms with E-state index < -0.39 is 11.9 Å². The molecule has 0 bridgehead atoms. The van der Waals surface area contributed by atoms with Crippen molar-refractivity contribution in [3.63, 3.8) is 0 Å². The molecule has 9 nitrogen and oxygen atoms in total.